The van der Waals surface area contributed by atoms with Crippen LogP contribution in [0.3, 0.4) is 0 Å². The Hall–Kier alpha value is -0.0100. The lowest BCUT2D eigenvalue weighted by Gasteiger charge is -2.33. The molecule has 6 N–H and O–H groups in total. The fourth-order valence-corrected chi connectivity index (χ4v) is 2.00. The van der Waals surface area contributed by atoms with Gasteiger partial charge in [0.25, 0.3) is 0 Å². The zero-order valence-corrected chi connectivity index (χ0v) is 7.82. The summed E-state index contributed by atoms with van der Waals surface area (Å²) in [6, 6.07) is 0. The lowest BCUT2D eigenvalue weighted by Crippen LogP contribution is -2.44. The van der Waals surface area contributed by atoms with Crippen LogP contribution in [0.1, 0.15) is 0 Å². The van der Waals surface area contributed by atoms with Crippen LogP contribution in [0.2, 0.25) is 0 Å². The summed E-state index contributed by atoms with van der Waals surface area (Å²) in [5, 5.41) is 0. The fraction of sp³-hybridized carbons (Fsp3) is 1.00. The number of nitrogens with zero attached hydrogens (tertiary/aromatic N) is 3. The van der Waals surface area contributed by atoms with E-state index in [0.29, 0.717) is 0 Å². The van der Waals surface area contributed by atoms with Gasteiger partial charge in [0.15, 0.2) is 0 Å². The Labute approximate surface area is 66.1 Å². The van der Waals surface area contributed by atoms with E-state index >= 15 is 0 Å². The van der Waals surface area contributed by atoms with Gasteiger partial charge in [0.05, 0.1) is 0 Å². The van der Waals surface area contributed by atoms with Crippen molar-refractivity contribution in [2.45, 2.75) is 0 Å². The Morgan fingerprint density at radius 1 is 0.909 bits per heavy atom. The first kappa shape index (κ1) is 11.0. The first-order valence-electron chi connectivity index (χ1n) is 2.90. The standard InChI is InChI=1S/C3H15N6OP/c1-7(4)11(10,8(2)5)9(3)6/h4-6H2,1-3H3. The van der Waals surface area contributed by atoms with Gasteiger partial charge in [-0.2, -0.15) is 14.3 Å². The van der Waals surface area contributed by atoms with Gasteiger partial charge in [-0.15, -0.1) is 0 Å². The zero-order valence-electron chi connectivity index (χ0n) is 6.93. The van der Waals surface area contributed by atoms with Crippen LogP contribution in [-0.4, -0.2) is 35.5 Å². The second-order valence-electron chi connectivity index (χ2n) is 2.23. The molecular formula is C3H15N6OP. The SMILES string of the molecule is CN(N)P(=O)(N(C)N)N(C)N. The van der Waals surface area contributed by atoms with E-state index in [2.05, 4.69) is 0 Å². The van der Waals surface area contributed by atoms with Gasteiger partial charge in [-0.05, 0) is 0 Å². The second kappa shape index (κ2) is 3.59. The van der Waals surface area contributed by atoms with Crippen molar-refractivity contribution < 1.29 is 4.57 Å². The highest BCUT2D eigenvalue weighted by Crippen LogP contribution is 2.47. The Kier molecular flexibility index (Phi) is 3.59. The third-order valence-corrected chi connectivity index (χ3v) is 3.70. The third-order valence-electron chi connectivity index (χ3n) is 1.23. The van der Waals surface area contributed by atoms with Crippen LogP contribution in [0.25, 0.3) is 0 Å². The van der Waals surface area contributed by atoms with E-state index in [1.165, 1.54) is 21.1 Å². The highest BCUT2D eigenvalue weighted by Gasteiger charge is 2.32. The molecule has 0 atom stereocenters. The van der Waals surface area contributed by atoms with Crippen LogP contribution < -0.4 is 17.5 Å². The molecule has 0 bridgehead atoms. The molecule has 0 unspecified atom stereocenters. The first-order valence-corrected chi connectivity index (χ1v) is 4.46. The normalized spacial score (nSPS) is 13.5. The topological polar surface area (TPSA) is 105 Å². The van der Waals surface area contributed by atoms with Gasteiger partial charge in [-0.25, -0.2) is 0 Å². The molecule has 8 heteroatoms. The van der Waals surface area contributed by atoms with Crippen molar-refractivity contribution in [1.82, 2.24) is 14.3 Å². The molecule has 11 heavy (non-hydrogen) atoms. The van der Waals surface area contributed by atoms with E-state index in [9.17, 15) is 4.57 Å². The molecule has 0 rings (SSSR count). The summed E-state index contributed by atoms with van der Waals surface area (Å²) < 4.78 is 14.7. The Morgan fingerprint density at radius 2 is 1.09 bits per heavy atom. The van der Waals surface area contributed by atoms with Crippen molar-refractivity contribution in [2.24, 2.45) is 17.5 Å². The summed E-state index contributed by atoms with van der Waals surface area (Å²) >= 11 is 0. The minimum Gasteiger partial charge on any atom is -0.266 e. The summed E-state index contributed by atoms with van der Waals surface area (Å²) in [5.74, 6) is 15.9. The highest BCUT2D eigenvalue weighted by atomic mass is 31.2. The number of hydrazine groups is 3. The quantitative estimate of drug-likeness (QED) is 0.277. The lowest BCUT2D eigenvalue weighted by atomic mass is 11.5. The molecule has 0 fully saturated rings. The molecule has 0 saturated carbocycles. The van der Waals surface area contributed by atoms with Crippen LogP contribution in [0.15, 0.2) is 0 Å². The van der Waals surface area contributed by atoms with Crippen LogP contribution in [0, 0.1) is 0 Å². The van der Waals surface area contributed by atoms with Crippen LogP contribution >= 0.6 is 7.59 Å². The monoisotopic (exact) mass is 182 g/mol. The van der Waals surface area contributed by atoms with E-state index in [1.807, 2.05) is 0 Å². The molecule has 0 aromatic carbocycles. The second-order valence-corrected chi connectivity index (χ2v) is 5.15. The maximum atomic E-state index is 11.7. The smallest absolute Gasteiger partial charge is 0.266 e. The molecule has 0 radical (unpaired) electrons. The molecule has 0 aliphatic heterocycles. The molecule has 0 amide bonds. The molecule has 0 spiro atoms. The van der Waals surface area contributed by atoms with Gasteiger partial charge in [-0.1, -0.05) is 0 Å². The summed E-state index contributed by atoms with van der Waals surface area (Å²) in [4.78, 5) is 0. The van der Waals surface area contributed by atoms with Gasteiger partial charge in [-0.3, -0.25) is 22.1 Å². The maximum absolute atomic E-state index is 11.7. The number of hydrogen-bond acceptors (Lipinski definition) is 4. The predicted molar refractivity (Wildman–Crippen MR) is 43.5 cm³/mol. The largest absolute Gasteiger partial charge is 0.324 e. The van der Waals surface area contributed by atoms with Gasteiger partial charge in [0.2, 0.25) is 0 Å². The average molecular weight is 182 g/mol. The van der Waals surface area contributed by atoms with E-state index in [0.717, 1.165) is 14.3 Å². The van der Waals surface area contributed by atoms with Gasteiger partial charge in [0, 0.05) is 21.1 Å². The van der Waals surface area contributed by atoms with E-state index < -0.39 is 7.59 Å². The molecule has 0 aliphatic carbocycles. The van der Waals surface area contributed by atoms with Crippen molar-refractivity contribution >= 4 is 7.59 Å². The van der Waals surface area contributed by atoms with Gasteiger partial charge in [0.1, 0.15) is 0 Å². The summed E-state index contributed by atoms with van der Waals surface area (Å²) in [6.45, 7) is 0. The third kappa shape index (κ3) is 1.97. The summed E-state index contributed by atoms with van der Waals surface area (Å²) in [6.07, 6.45) is 0. The summed E-state index contributed by atoms with van der Waals surface area (Å²) in [7, 11) is 1.21. The van der Waals surface area contributed by atoms with E-state index in [1.54, 1.807) is 0 Å². The van der Waals surface area contributed by atoms with E-state index in [-0.39, 0.29) is 0 Å². The maximum Gasteiger partial charge on any atom is 0.324 e. The van der Waals surface area contributed by atoms with Crippen molar-refractivity contribution in [3.8, 4) is 0 Å². The van der Waals surface area contributed by atoms with Crippen LogP contribution in [-0.2, 0) is 4.57 Å². The van der Waals surface area contributed by atoms with E-state index in [4.69, 9.17) is 17.5 Å². The molecule has 0 aromatic heterocycles. The molecule has 7 nitrogen and oxygen atoms in total. The lowest BCUT2D eigenvalue weighted by molar-refractivity contribution is 0.331. The van der Waals surface area contributed by atoms with Crippen molar-refractivity contribution in [2.75, 3.05) is 21.1 Å². The highest BCUT2D eigenvalue weighted by molar-refractivity contribution is 7.56. The van der Waals surface area contributed by atoms with Gasteiger partial charge >= 0.3 is 7.59 Å². The minimum absolute atomic E-state index is 0.993. The molecule has 68 valence electrons. The molecule has 0 heterocycles. The molecule has 0 saturated heterocycles. The number of hydrogen-bond donors (Lipinski definition) is 3. The summed E-state index contributed by atoms with van der Waals surface area (Å²) in [5.41, 5.74) is 0. The average Bonchev–Trinajstić information content (AvgIpc) is 1.84. The molecular weight excluding hydrogens is 167 g/mol. The van der Waals surface area contributed by atoms with Gasteiger partial charge < -0.3 is 0 Å². The zero-order chi connectivity index (χ0) is 9.23. The van der Waals surface area contributed by atoms with Crippen LogP contribution in [0.4, 0.5) is 0 Å². The fourth-order valence-electron chi connectivity index (χ4n) is 0.668. The Balaban J connectivity index is 4.69. The van der Waals surface area contributed by atoms with Crippen molar-refractivity contribution in [3.05, 3.63) is 0 Å². The number of rotatable bonds is 3. The number of nitrogens with two attached hydrogens (primary N) is 3. The Morgan fingerprint density at radius 3 is 1.09 bits per heavy atom. The first-order chi connectivity index (χ1) is 4.83. The predicted octanol–water partition coefficient (Wildman–Crippen LogP) is -1.49. The van der Waals surface area contributed by atoms with Crippen molar-refractivity contribution in [3.63, 3.8) is 0 Å². The van der Waals surface area contributed by atoms with Crippen molar-refractivity contribution in [1.29, 1.82) is 0 Å². The Bertz CT molecular complexity index is 139. The minimum atomic E-state index is -3.10. The van der Waals surface area contributed by atoms with Crippen LogP contribution in [0.5, 0.6) is 0 Å². The molecule has 0 aliphatic rings. The molecule has 0 aromatic rings.